The summed E-state index contributed by atoms with van der Waals surface area (Å²) in [5, 5.41) is 11.6. The zero-order valence-corrected chi connectivity index (χ0v) is 12.0. The van der Waals surface area contributed by atoms with Crippen molar-refractivity contribution in [2.75, 3.05) is 10.5 Å². The van der Waals surface area contributed by atoms with Crippen molar-refractivity contribution in [3.8, 4) is 0 Å². The summed E-state index contributed by atoms with van der Waals surface area (Å²) < 4.78 is 25.9. The summed E-state index contributed by atoms with van der Waals surface area (Å²) in [6.45, 7) is 1.91. The van der Waals surface area contributed by atoms with Crippen molar-refractivity contribution in [1.29, 1.82) is 0 Å². The lowest BCUT2D eigenvalue weighted by Crippen LogP contribution is -2.17. The van der Waals surface area contributed by atoms with Crippen molar-refractivity contribution < 1.29 is 13.6 Å². The summed E-state index contributed by atoms with van der Waals surface area (Å²) >= 11 is 5.95. The van der Waals surface area contributed by atoms with Gasteiger partial charge in [0, 0.05) is 5.56 Å². The lowest BCUT2D eigenvalue weighted by molar-refractivity contribution is 0.318. The Labute approximate surface area is 117 Å². The Morgan fingerprint density at radius 1 is 1.53 bits per heavy atom. The minimum Gasteiger partial charge on any atom is -0.409 e. The lowest BCUT2D eigenvalue weighted by Gasteiger charge is -2.10. The van der Waals surface area contributed by atoms with Gasteiger partial charge in [0.15, 0.2) is 5.84 Å². The molecule has 0 aromatic heterocycles. The first-order valence-corrected chi connectivity index (χ1v) is 7.70. The number of nitrogens with two attached hydrogens (primary N) is 1. The van der Waals surface area contributed by atoms with Gasteiger partial charge in [-0.3, -0.25) is 4.72 Å². The maximum absolute atomic E-state index is 11.7. The van der Waals surface area contributed by atoms with Gasteiger partial charge >= 0.3 is 0 Å². The molecule has 106 valence electrons. The number of amidine groups is 1. The number of halogens is 1. The Hall–Kier alpha value is -1.47. The molecule has 0 saturated carbocycles. The molecule has 0 bridgehead atoms. The molecule has 0 aliphatic heterocycles. The van der Waals surface area contributed by atoms with Gasteiger partial charge in [-0.25, -0.2) is 8.42 Å². The minimum absolute atomic E-state index is 0.0435. The Morgan fingerprint density at radius 3 is 2.74 bits per heavy atom. The normalized spacial score (nSPS) is 12.4. The average molecular weight is 306 g/mol. The van der Waals surface area contributed by atoms with Crippen molar-refractivity contribution in [2.45, 2.75) is 19.8 Å². The number of nitrogens with one attached hydrogen (secondary N) is 1. The van der Waals surface area contributed by atoms with E-state index in [0.717, 1.165) is 6.42 Å². The van der Waals surface area contributed by atoms with E-state index in [0.29, 0.717) is 12.0 Å². The van der Waals surface area contributed by atoms with E-state index >= 15 is 0 Å². The molecule has 0 aliphatic carbocycles. The predicted molar refractivity (Wildman–Crippen MR) is 76.3 cm³/mol. The third kappa shape index (κ3) is 4.60. The van der Waals surface area contributed by atoms with Gasteiger partial charge in [0.2, 0.25) is 10.0 Å². The molecule has 0 aliphatic rings. The number of anilines is 1. The molecular formula is C11H16ClN3O3S. The van der Waals surface area contributed by atoms with Gasteiger partial charge in [-0.15, -0.1) is 0 Å². The molecule has 0 unspecified atom stereocenters. The van der Waals surface area contributed by atoms with Crippen LogP contribution in [0.5, 0.6) is 0 Å². The van der Waals surface area contributed by atoms with Crippen LogP contribution in [0, 0.1) is 0 Å². The number of oxime groups is 1. The molecule has 4 N–H and O–H groups in total. The van der Waals surface area contributed by atoms with Gasteiger partial charge < -0.3 is 10.9 Å². The Kier molecular flexibility index (Phi) is 5.44. The van der Waals surface area contributed by atoms with Crippen LogP contribution >= 0.6 is 11.6 Å². The van der Waals surface area contributed by atoms with Crippen molar-refractivity contribution in [2.24, 2.45) is 10.9 Å². The standard InChI is InChI=1S/C11H16ClN3O3S/c1-2-3-6-19(17,18)15-10-5-4-8(7-9(10)12)11(13)14-16/h4-5,7,15-16H,2-3,6H2,1H3,(H2,13,14). The van der Waals surface area contributed by atoms with Crippen molar-refractivity contribution >= 4 is 33.1 Å². The molecule has 0 saturated heterocycles. The molecule has 1 rings (SSSR count). The second-order valence-corrected chi connectivity index (χ2v) is 6.20. The van der Waals surface area contributed by atoms with Gasteiger partial charge in [0.25, 0.3) is 0 Å². The SMILES string of the molecule is CCCCS(=O)(=O)Nc1ccc(/C(N)=N/O)cc1Cl. The van der Waals surface area contributed by atoms with E-state index in [9.17, 15) is 8.42 Å². The van der Waals surface area contributed by atoms with Crippen LogP contribution in [0.2, 0.25) is 5.02 Å². The van der Waals surface area contributed by atoms with Crippen LogP contribution in [-0.2, 0) is 10.0 Å². The number of rotatable bonds is 6. The van der Waals surface area contributed by atoms with E-state index in [2.05, 4.69) is 9.88 Å². The van der Waals surface area contributed by atoms with Crippen LogP contribution in [0.25, 0.3) is 0 Å². The van der Waals surface area contributed by atoms with E-state index in [-0.39, 0.29) is 22.3 Å². The fraction of sp³-hybridized carbons (Fsp3) is 0.364. The van der Waals surface area contributed by atoms with Crippen LogP contribution < -0.4 is 10.5 Å². The van der Waals surface area contributed by atoms with Gasteiger partial charge in [0.05, 0.1) is 16.5 Å². The van der Waals surface area contributed by atoms with E-state index in [1.54, 1.807) is 0 Å². The number of benzene rings is 1. The summed E-state index contributed by atoms with van der Waals surface area (Å²) in [4.78, 5) is 0. The quantitative estimate of drug-likeness (QED) is 0.323. The molecule has 6 nitrogen and oxygen atoms in total. The smallest absolute Gasteiger partial charge is 0.232 e. The highest BCUT2D eigenvalue weighted by atomic mass is 35.5. The van der Waals surface area contributed by atoms with E-state index in [1.165, 1.54) is 18.2 Å². The zero-order valence-electron chi connectivity index (χ0n) is 10.4. The molecule has 19 heavy (non-hydrogen) atoms. The lowest BCUT2D eigenvalue weighted by atomic mass is 10.2. The average Bonchev–Trinajstić information content (AvgIpc) is 2.37. The molecule has 0 radical (unpaired) electrons. The highest BCUT2D eigenvalue weighted by Gasteiger charge is 2.12. The summed E-state index contributed by atoms with van der Waals surface area (Å²) in [6.07, 6.45) is 1.37. The monoisotopic (exact) mass is 305 g/mol. The second-order valence-electron chi connectivity index (χ2n) is 3.95. The number of nitrogens with zero attached hydrogens (tertiary/aromatic N) is 1. The van der Waals surface area contributed by atoms with Crippen LogP contribution in [0.15, 0.2) is 23.4 Å². The van der Waals surface area contributed by atoms with Crippen molar-refractivity contribution in [1.82, 2.24) is 0 Å². The van der Waals surface area contributed by atoms with Gasteiger partial charge in [-0.05, 0) is 24.6 Å². The predicted octanol–water partition coefficient (Wildman–Crippen LogP) is 1.98. The molecule has 0 fully saturated rings. The van der Waals surface area contributed by atoms with Crippen LogP contribution in [0.1, 0.15) is 25.3 Å². The molecule has 0 heterocycles. The first-order valence-electron chi connectivity index (χ1n) is 5.67. The van der Waals surface area contributed by atoms with Crippen molar-refractivity contribution in [3.05, 3.63) is 28.8 Å². The maximum Gasteiger partial charge on any atom is 0.232 e. The molecular weight excluding hydrogens is 290 g/mol. The van der Waals surface area contributed by atoms with E-state index in [1.807, 2.05) is 6.92 Å². The first kappa shape index (κ1) is 15.6. The van der Waals surface area contributed by atoms with Gasteiger partial charge in [-0.1, -0.05) is 30.1 Å². The zero-order chi connectivity index (χ0) is 14.5. The molecule has 1 aromatic rings. The van der Waals surface area contributed by atoms with E-state index < -0.39 is 10.0 Å². The number of unbranched alkanes of at least 4 members (excludes halogenated alkanes) is 1. The highest BCUT2D eigenvalue weighted by Crippen LogP contribution is 2.24. The van der Waals surface area contributed by atoms with Crippen LogP contribution in [-0.4, -0.2) is 25.2 Å². The van der Waals surface area contributed by atoms with E-state index in [4.69, 9.17) is 22.5 Å². The Balaban J connectivity index is 2.92. The minimum atomic E-state index is -3.40. The summed E-state index contributed by atoms with van der Waals surface area (Å²) in [6, 6.07) is 4.41. The molecule has 0 atom stereocenters. The third-order valence-corrected chi connectivity index (χ3v) is 4.07. The topological polar surface area (TPSA) is 105 Å². The molecule has 0 amide bonds. The number of hydrogen-bond donors (Lipinski definition) is 3. The first-order chi connectivity index (χ1) is 8.89. The number of hydrogen-bond acceptors (Lipinski definition) is 4. The molecule has 0 spiro atoms. The summed E-state index contributed by atoms with van der Waals surface area (Å²) in [5.41, 5.74) is 6.09. The second kappa shape index (κ2) is 6.63. The van der Waals surface area contributed by atoms with Crippen LogP contribution in [0.4, 0.5) is 5.69 Å². The van der Waals surface area contributed by atoms with Crippen LogP contribution in [0.3, 0.4) is 0 Å². The fourth-order valence-corrected chi connectivity index (χ4v) is 2.94. The molecule has 8 heteroatoms. The Morgan fingerprint density at radius 2 is 2.21 bits per heavy atom. The fourth-order valence-electron chi connectivity index (χ4n) is 1.37. The summed E-state index contributed by atoms with van der Waals surface area (Å²) in [5.74, 6) is -0.0516. The van der Waals surface area contributed by atoms with Crippen molar-refractivity contribution in [3.63, 3.8) is 0 Å². The highest BCUT2D eigenvalue weighted by molar-refractivity contribution is 7.92. The summed E-state index contributed by atoms with van der Waals surface area (Å²) in [7, 11) is -3.40. The largest absolute Gasteiger partial charge is 0.409 e. The van der Waals surface area contributed by atoms with Gasteiger partial charge in [-0.2, -0.15) is 0 Å². The third-order valence-electron chi connectivity index (χ3n) is 2.40. The Bertz CT molecular complexity index is 573. The van der Waals surface area contributed by atoms with Gasteiger partial charge in [0.1, 0.15) is 0 Å². The number of sulfonamides is 1. The maximum atomic E-state index is 11.7. The molecule has 1 aromatic carbocycles.